The fourth-order valence-electron chi connectivity index (χ4n) is 2.59. The van der Waals surface area contributed by atoms with E-state index < -0.39 is 0 Å². The smallest absolute Gasteiger partial charge is 0.219 e. The molecule has 1 atom stereocenters. The summed E-state index contributed by atoms with van der Waals surface area (Å²) < 4.78 is 5.37. The lowest BCUT2D eigenvalue weighted by atomic mass is 9.91. The molecular weight excluding hydrogens is 216 g/mol. The van der Waals surface area contributed by atoms with E-state index in [0.717, 1.165) is 35.5 Å². The fourth-order valence-corrected chi connectivity index (χ4v) is 2.59. The molecule has 2 N–H and O–H groups in total. The molecule has 1 aromatic carbocycles. The number of benzene rings is 1. The second kappa shape index (κ2) is 4.28. The second-order valence-electron chi connectivity index (χ2n) is 4.39. The van der Waals surface area contributed by atoms with E-state index in [0.29, 0.717) is 0 Å². The predicted octanol–water partition coefficient (Wildman–Crippen LogP) is 1.74. The summed E-state index contributed by atoms with van der Waals surface area (Å²) in [5.74, 6) is 0.903. The fraction of sp³-hybridized carbons (Fsp3) is 0.462. The standard InChI is InChI=1S/C13H18N2O2/c1-8-13-10(6-7-15(8)9(2)16)11(14)4-5-12(13)17-3/h4-5,8H,6-7,14H2,1-3H3. The van der Waals surface area contributed by atoms with Gasteiger partial charge in [0, 0.05) is 24.7 Å². The van der Waals surface area contributed by atoms with Gasteiger partial charge in [-0.1, -0.05) is 0 Å². The van der Waals surface area contributed by atoms with E-state index in [1.165, 1.54) is 0 Å². The van der Waals surface area contributed by atoms with Crippen LogP contribution in [0.2, 0.25) is 0 Å². The molecular formula is C13H18N2O2. The van der Waals surface area contributed by atoms with E-state index in [1.807, 2.05) is 24.0 Å². The van der Waals surface area contributed by atoms with Crippen molar-refractivity contribution in [1.82, 2.24) is 4.90 Å². The van der Waals surface area contributed by atoms with E-state index >= 15 is 0 Å². The monoisotopic (exact) mass is 234 g/mol. The average Bonchev–Trinajstić information content (AvgIpc) is 2.30. The molecule has 2 rings (SSSR count). The van der Waals surface area contributed by atoms with Crippen LogP contribution in [0.4, 0.5) is 5.69 Å². The van der Waals surface area contributed by atoms with Crippen molar-refractivity contribution in [1.29, 1.82) is 0 Å². The van der Waals surface area contributed by atoms with E-state index in [1.54, 1.807) is 14.0 Å². The van der Waals surface area contributed by atoms with Gasteiger partial charge in [-0.25, -0.2) is 0 Å². The Morgan fingerprint density at radius 2 is 2.24 bits per heavy atom. The summed E-state index contributed by atoms with van der Waals surface area (Å²) in [7, 11) is 1.64. The van der Waals surface area contributed by atoms with Crippen LogP contribution in [-0.4, -0.2) is 24.5 Å². The molecule has 17 heavy (non-hydrogen) atoms. The number of amides is 1. The summed E-state index contributed by atoms with van der Waals surface area (Å²) in [6.07, 6.45) is 0.794. The number of rotatable bonds is 1. The van der Waals surface area contributed by atoms with E-state index in [-0.39, 0.29) is 11.9 Å². The first kappa shape index (κ1) is 11.8. The third-order valence-corrected chi connectivity index (χ3v) is 3.47. The number of anilines is 1. The Hall–Kier alpha value is -1.71. The Bertz CT molecular complexity index is 457. The topological polar surface area (TPSA) is 55.6 Å². The minimum Gasteiger partial charge on any atom is -0.496 e. The van der Waals surface area contributed by atoms with Gasteiger partial charge in [-0.2, -0.15) is 0 Å². The SMILES string of the molecule is COc1ccc(N)c2c1C(C)N(C(C)=O)CC2. The number of nitrogens with two attached hydrogens (primary N) is 1. The number of hydrogen-bond donors (Lipinski definition) is 1. The van der Waals surface area contributed by atoms with Crippen molar-refractivity contribution in [2.24, 2.45) is 0 Å². The van der Waals surface area contributed by atoms with Crippen LogP contribution in [0, 0.1) is 0 Å². The number of carbonyl (C=O) groups is 1. The molecule has 0 spiro atoms. The molecule has 0 fully saturated rings. The first-order valence-electron chi connectivity index (χ1n) is 5.78. The first-order valence-corrected chi connectivity index (χ1v) is 5.78. The van der Waals surface area contributed by atoms with Crippen LogP contribution in [0.3, 0.4) is 0 Å². The Morgan fingerprint density at radius 3 is 2.82 bits per heavy atom. The lowest BCUT2D eigenvalue weighted by molar-refractivity contribution is -0.131. The number of carbonyl (C=O) groups excluding carboxylic acids is 1. The quantitative estimate of drug-likeness (QED) is 0.753. The highest BCUT2D eigenvalue weighted by atomic mass is 16.5. The van der Waals surface area contributed by atoms with Crippen LogP contribution in [0.25, 0.3) is 0 Å². The molecule has 1 aliphatic rings. The van der Waals surface area contributed by atoms with Gasteiger partial charge in [0.15, 0.2) is 0 Å². The number of hydrogen-bond acceptors (Lipinski definition) is 3. The number of methoxy groups -OCH3 is 1. The van der Waals surface area contributed by atoms with Gasteiger partial charge in [-0.15, -0.1) is 0 Å². The molecule has 0 saturated carbocycles. The minimum atomic E-state index is 0.0229. The Labute approximate surface area is 101 Å². The van der Waals surface area contributed by atoms with Crippen molar-refractivity contribution in [3.63, 3.8) is 0 Å². The molecule has 4 nitrogen and oxygen atoms in total. The van der Waals surface area contributed by atoms with Crippen LogP contribution in [0.1, 0.15) is 31.0 Å². The number of ether oxygens (including phenoxy) is 1. The molecule has 4 heteroatoms. The summed E-state index contributed by atoms with van der Waals surface area (Å²) in [6, 6.07) is 3.76. The molecule has 1 heterocycles. The van der Waals surface area contributed by atoms with Crippen molar-refractivity contribution in [3.05, 3.63) is 23.3 Å². The molecule has 0 saturated heterocycles. The average molecular weight is 234 g/mol. The number of nitrogens with zero attached hydrogens (tertiary/aromatic N) is 1. The zero-order chi connectivity index (χ0) is 12.6. The summed E-state index contributed by atoms with van der Waals surface area (Å²) in [5, 5.41) is 0. The Balaban J connectivity index is 2.53. The third-order valence-electron chi connectivity index (χ3n) is 3.47. The molecule has 1 aliphatic heterocycles. The predicted molar refractivity (Wildman–Crippen MR) is 66.9 cm³/mol. The van der Waals surface area contributed by atoms with Crippen molar-refractivity contribution in [2.75, 3.05) is 19.4 Å². The zero-order valence-electron chi connectivity index (χ0n) is 10.5. The van der Waals surface area contributed by atoms with E-state index in [2.05, 4.69) is 0 Å². The Morgan fingerprint density at radius 1 is 1.53 bits per heavy atom. The van der Waals surface area contributed by atoms with Crippen LogP contribution in [0.5, 0.6) is 5.75 Å². The van der Waals surface area contributed by atoms with Crippen molar-refractivity contribution < 1.29 is 9.53 Å². The number of fused-ring (bicyclic) bond motifs is 1. The summed E-state index contributed by atoms with van der Waals surface area (Å²) in [5.41, 5.74) is 8.95. The van der Waals surface area contributed by atoms with Gasteiger partial charge in [0.05, 0.1) is 13.2 Å². The molecule has 0 radical (unpaired) electrons. The molecule has 0 aromatic heterocycles. The van der Waals surface area contributed by atoms with Gasteiger partial charge < -0.3 is 15.4 Å². The second-order valence-corrected chi connectivity index (χ2v) is 4.39. The highest BCUT2D eigenvalue weighted by Crippen LogP contribution is 2.38. The molecule has 1 amide bonds. The maximum Gasteiger partial charge on any atom is 0.219 e. The number of nitrogen functional groups attached to an aromatic ring is 1. The molecule has 0 aliphatic carbocycles. The summed E-state index contributed by atoms with van der Waals surface area (Å²) >= 11 is 0. The summed E-state index contributed by atoms with van der Waals surface area (Å²) in [6.45, 7) is 4.34. The van der Waals surface area contributed by atoms with Gasteiger partial charge in [0.25, 0.3) is 0 Å². The van der Waals surface area contributed by atoms with Gasteiger partial charge in [0.2, 0.25) is 5.91 Å². The highest BCUT2D eigenvalue weighted by Gasteiger charge is 2.29. The molecule has 1 aromatic rings. The zero-order valence-corrected chi connectivity index (χ0v) is 10.5. The van der Waals surface area contributed by atoms with E-state index in [4.69, 9.17) is 10.5 Å². The molecule has 1 unspecified atom stereocenters. The Kier molecular flexibility index (Phi) is 2.96. The van der Waals surface area contributed by atoms with Gasteiger partial charge >= 0.3 is 0 Å². The van der Waals surface area contributed by atoms with Crippen molar-refractivity contribution >= 4 is 11.6 Å². The van der Waals surface area contributed by atoms with Crippen molar-refractivity contribution in [3.8, 4) is 5.75 Å². The third kappa shape index (κ3) is 1.84. The minimum absolute atomic E-state index is 0.0229. The molecule has 0 bridgehead atoms. The highest BCUT2D eigenvalue weighted by molar-refractivity contribution is 5.75. The first-order chi connectivity index (χ1) is 8.06. The lowest BCUT2D eigenvalue weighted by Crippen LogP contribution is -2.37. The van der Waals surface area contributed by atoms with Crippen LogP contribution < -0.4 is 10.5 Å². The van der Waals surface area contributed by atoms with Crippen LogP contribution in [0.15, 0.2) is 12.1 Å². The van der Waals surface area contributed by atoms with Crippen molar-refractivity contribution in [2.45, 2.75) is 26.3 Å². The van der Waals surface area contributed by atoms with Gasteiger partial charge in [-0.3, -0.25) is 4.79 Å². The van der Waals surface area contributed by atoms with Gasteiger partial charge in [-0.05, 0) is 31.0 Å². The van der Waals surface area contributed by atoms with Crippen LogP contribution >= 0.6 is 0 Å². The normalized spacial score (nSPS) is 18.8. The summed E-state index contributed by atoms with van der Waals surface area (Å²) in [4.78, 5) is 13.4. The lowest BCUT2D eigenvalue weighted by Gasteiger charge is -2.36. The largest absolute Gasteiger partial charge is 0.496 e. The van der Waals surface area contributed by atoms with Crippen LogP contribution in [-0.2, 0) is 11.2 Å². The van der Waals surface area contributed by atoms with Gasteiger partial charge in [0.1, 0.15) is 5.75 Å². The molecule has 92 valence electrons. The maximum absolute atomic E-state index is 11.6. The maximum atomic E-state index is 11.6. The van der Waals surface area contributed by atoms with E-state index in [9.17, 15) is 4.79 Å².